The molecule has 7 nitrogen and oxygen atoms in total. The van der Waals surface area contributed by atoms with Crippen LogP contribution in [-0.4, -0.2) is 65.7 Å². The molecule has 1 aliphatic rings. The van der Waals surface area contributed by atoms with E-state index in [4.69, 9.17) is 9.84 Å². The highest BCUT2D eigenvalue weighted by Crippen LogP contribution is 2.19. The maximum absolute atomic E-state index is 12.3. The minimum atomic E-state index is -1.02. The van der Waals surface area contributed by atoms with Gasteiger partial charge in [-0.25, -0.2) is 4.79 Å². The SMILES string of the molecule is CCCN(CC(=O)O)C(=O)N1CCC(C(=O)OCC)CC1. The fourth-order valence-electron chi connectivity index (χ4n) is 2.44. The minimum Gasteiger partial charge on any atom is -0.480 e. The van der Waals surface area contributed by atoms with Crippen molar-refractivity contribution < 1.29 is 24.2 Å². The van der Waals surface area contributed by atoms with Gasteiger partial charge in [-0.15, -0.1) is 0 Å². The van der Waals surface area contributed by atoms with Crippen molar-refractivity contribution in [3.8, 4) is 0 Å². The van der Waals surface area contributed by atoms with Crippen molar-refractivity contribution in [2.45, 2.75) is 33.1 Å². The first-order valence-corrected chi connectivity index (χ1v) is 7.41. The van der Waals surface area contributed by atoms with Crippen LogP contribution in [0, 0.1) is 5.92 Å². The Morgan fingerprint density at radius 3 is 2.33 bits per heavy atom. The number of carboxylic acid groups (broad SMARTS) is 1. The van der Waals surface area contributed by atoms with Gasteiger partial charge >= 0.3 is 18.0 Å². The molecular formula is C14H24N2O5. The number of carbonyl (C=O) groups is 3. The largest absolute Gasteiger partial charge is 0.480 e. The van der Waals surface area contributed by atoms with Gasteiger partial charge in [0.1, 0.15) is 6.54 Å². The van der Waals surface area contributed by atoms with Crippen LogP contribution in [0.1, 0.15) is 33.1 Å². The standard InChI is InChI=1S/C14H24N2O5/c1-3-7-16(10-12(17)18)14(20)15-8-5-11(6-9-15)13(19)21-4-2/h11H,3-10H2,1-2H3,(H,17,18). The van der Waals surface area contributed by atoms with Gasteiger partial charge in [0, 0.05) is 19.6 Å². The summed E-state index contributed by atoms with van der Waals surface area (Å²) in [6, 6.07) is -0.262. The number of hydrogen-bond donors (Lipinski definition) is 1. The fourth-order valence-corrected chi connectivity index (χ4v) is 2.44. The molecule has 1 rings (SSSR count). The molecule has 1 heterocycles. The smallest absolute Gasteiger partial charge is 0.323 e. The molecule has 21 heavy (non-hydrogen) atoms. The van der Waals surface area contributed by atoms with Crippen molar-refractivity contribution in [3.63, 3.8) is 0 Å². The highest BCUT2D eigenvalue weighted by atomic mass is 16.5. The predicted molar refractivity (Wildman–Crippen MR) is 75.8 cm³/mol. The molecule has 1 saturated heterocycles. The summed E-state index contributed by atoms with van der Waals surface area (Å²) in [6.45, 7) is 5.08. The van der Waals surface area contributed by atoms with Gasteiger partial charge in [0.05, 0.1) is 12.5 Å². The molecule has 0 atom stereocenters. The quantitative estimate of drug-likeness (QED) is 0.744. The van der Waals surface area contributed by atoms with Crippen LogP contribution < -0.4 is 0 Å². The molecular weight excluding hydrogens is 276 g/mol. The maximum Gasteiger partial charge on any atom is 0.323 e. The lowest BCUT2D eigenvalue weighted by atomic mass is 9.97. The topological polar surface area (TPSA) is 87.2 Å². The van der Waals surface area contributed by atoms with Crippen molar-refractivity contribution in [2.24, 2.45) is 5.92 Å². The van der Waals surface area contributed by atoms with Crippen LogP contribution in [0.4, 0.5) is 4.79 Å². The number of piperidine rings is 1. The van der Waals surface area contributed by atoms with Gasteiger partial charge in [-0.2, -0.15) is 0 Å². The zero-order valence-corrected chi connectivity index (χ0v) is 12.7. The minimum absolute atomic E-state index is 0.159. The van der Waals surface area contributed by atoms with Crippen molar-refractivity contribution in [1.82, 2.24) is 9.80 Å². The van der Waals surface area contributed by atoms with Crippen LogP contribution in [0.5, 0.6) is 0 Å². The van der Waals surface area contributed by atoms with Gasteiger partial charge < -0.3 is 19.6 Å². The molecule has 0 radical (unpaired) electrons. The van der Waals surface area contributed by atoms with E-state index >= 15 is 0 Å². The maximum atomic E-state index is 12.3. The Morgan fingerprint density at radius 1 is 1.24 bits per heavy atom. The molecule has 0 unspecified atom stereocenters. The number of carbonyl (C=O) groups excluding carboxylic acids is 2. The molecule has 0 aromatic carbocycles. The number of rotatable bonds is 6. The molecule has 0 spiro atoms. The Labute approximate surface area is 124 Å². The third kappa shape index (κ3) is 5.24. The lowest BCUT2D eigenvalue weighted by molar-refractivity contribution is -0.149. The Kier molecular flexibility index (Phi) is 6.98. The van der Waals surface area contributed by atoms with E-state index in [1.165, 1.54) is 4.90 Å². The van der Waals surface area contributed by atoms with E-state index in [-0.39, 0.29) is 24.5 Å². The summed E-state index contributed by atoms with van der Waals surface area (Å²) in [5, 5.41) is 8.86. The monoisotopic (exact) mass is 300 g/mol. The van der Waals surface area contributed by atoms with Gasteiger partial charge in [-0.3, -0.25) is 9.59 Å². The molecule has 2 amide bonds. The van der Waals surface area contributed by atoms with Crippen LogP contribution >= 0.6 is 0 Å². The second-order valence-corrected chi connectivity index (χ2v) is 5.11. The Bertz CT molecular complexity index is 378. The van der Waals surface area contributed by atoms with Crippen molar-refractivity contribution in [3.05, 3.63) is 0 Å². The molecule has 0 aromatic heterocycles. The van der Waals surface area contributed by atoms with E-state index in [0.29, 0.717) is 45.5 Å². The third-order valence-corrected chi connectivity index (χ3v) is 3.48. The number of ether oxygens (including phenoxy) is 1. The summed E-state index contributed by atoms with van der Waals surface area (Å²) in [4.78, 5) is 37.7. The molecule has 0 aliphatic carbocycles. The molecule has 0 aromatic rings. The number of hydrogen-bond acceptors (Lipinski definition) is 4. The highest BCUT2D eigenvalue weighted by molar-refractivity contribution is 5.80. The third-order valence-electron chi connectivity index (χ3n) is 3.48. The first kappa shape index (κ1) is 17.3. The van der Waals surface area contributed by atoms with E-state index in [1.54, 1.807) is 11.8 Å². The number of urea groups is 1. The Morgan fingerprint density at radius 2 is 1.86 bits per heavy atom. The summed E-state index contributed by atoms with van der Waals surface area (Å²) in [5.74, 6) is -1.38. The van der Waals surface area contributed by atoms with Crippen LogP contribution in [0.3, 0.4) is 0 Å². The number of esters is 1. The van der Waals surface area contributed by atoms with Crippen LogP contribution in [-0.2, 0) is 14.3 Å². The molecule has 120 valence electrons. The van der Waals surface area contributed by atoms with Crippen molar-refractivity contribution in [1.29, 1.82) is 0 Å². The first-order chi connectivity index (χ1) is 9.99. The molecule has 0 bridgehead atoms. The second-order valence-electron chi connectivity index (χ2n) is 5.11. The van der Waals surface area contributed by atoms with E-state index < -0.39 is 5.97 Å². The summed E-state index contributed by atoms with van der Waals surface area (Å²) in [7, 11) is 0. The van der Waals surface area contributed by atoms with Crippen LogP contribution in [0.15, 0.2) is 0 Å². The first-order valence-electron chi connectivity index (χ1n) is 7.41. The van der Waals surface area contributed by atoms with E-state index in [1.807, 2.05) is 6.92 Å². The lowest BCUT2D eigenvalue weighted by Crippen LogP contribution is -2.49. The van der Waals surface area contributed by atoms with Gasteiger partial charge in [0.25, 0.3) is 0 Å². The van der Waals surface area contributed by atoms with Crippen molar-refractivity contribution in [2.75, 3.05) is 32.8 Å². The summed E-state index contributed by atoms with van der Waals surface area (Å²) < 4.78 is 4.99. The summed E-state index contributed by atoms with van der Waals surface area (Å²) in [5.41, 5.74) is 0. The fraction of sp³-hybridized carbons (Fsp3) is 0.786. The summed E-state index contributed by atoms with van der Waals surface area (Å²) >= 11 is 0. The molecule has 1 fully saturated rings. The van der Waals surface area contributed by atoms with E-state index in [0.717, 1.165) is 0 Å². The second kappa shape index (κ2) is 8.49. The van der Waals surface area contributed by atoms with Gasteiger partial charge in [-0.05, 0) is 26.2 Å². The number of amides is 2. The molecule has 0 saturated carbocycles. The Hall–Kier alpha value is -1.79. The van der Waals surface area contributed by atoms with E-state index in [9.17, 15) is 14.4 Å². The number of aliphatic carboxylic acids is 1. The zero-order chi connectivity index (χ0) is 15.8. The number of carboxylic acids is 1. The van der Waals surface area contributed by atoms with Gasteiger partial charge in [0.2, 0.25) is 0 Å². The van der Waals surface area contributed by atoms with Gasteiger partial charge in [0.15, 0.2) is 0 Å². The Balaban J connectivity index is 2.53. The number of likely N-dealkylation sites (tertiary alicyclic amines) is 1. The normalized spacial score (nSPS) is 15.6. The van der Waals surface area contributed by atoms with Gasteiger partial charge in [-0.1, -0.05) is 6.92 Å². The molecule has 1 N–H and O–H groups in total. The average molecular weight is 300 g/mol. The highest BCUT2D eigenvalue weighted by Gasteiger charge is 2.30. The molecule has 7 heteroatoms. The molecule has 1 aliphatic heterocycles. The summed E-state index contributed by atoms with van der Waals surface area (Å²) in [6.07, 6.45) is 1.84. The lowest BCUT2D eigenvalue weighted by Gasteiger charge is -2.34. The zero-order valence-electron chi connectivity index (χ0n) is 12.7. The number of nitrogens with zero attached hydrogens (tertiary/aromatic N) is 2. The van der Waals surface area contributed by atoms with Crippen molar-refractivity contribution >= 4 is 18.0 Å². The predicted octanol–water partition coefficient (Wildman–Crippen LogP) is 1.18. The van der Waals surface area contributed by atoms with Crippen LogP contribution in [0.2, 0.25) is 0 Å². The van der Waals surface area contributed by atoms with Crippen LogP contribution in [0.25, 0.3) is 0 Å². The average Bonchev–Trinajstić information content (AvgIpc) is 2.46. The van der Waals surface area contributed by atoms with E-state index in [2.05, 4.69) is 0 Å².